The predicted octanol–water partition coefficient (Wildman–Crippen LogP) is 1.14. The first kappa shape index (κ1) is 12.1. The lowest BCUT2D eigenvalue weighted by Gasteiger charge is -2.40. The van der Waals surface area contributed by atoms with Crippen LogP contribution in [0.2, 0.25) is 0 Å². The summed E-state index contributed by atoms with van der Waals surface area (Å²) in [7, 11) is 0. The van der Waals surface area contributed by atoms with Crippen LogP contribution < -0.4 is 0 Å². The number of aliphatic carboxylic acids is 2. The summed E-state index contributed by atoms with van der Waals surface area (Å²) in [6.45, 7) is 5.58. The van der Waals surface area contributed by atoms with Crippen molar-refractivity contribution in [3.8, 4) is 0 Å². The molecule has 94 valence electrons. The molecule has 0 aliphatic carbocycles. The molecule has 0 amide bonds. The second-order valence-electron chi connectivity index (χ2n) is 5.66. The molecule has 2 bridgehead atoms. The SMILES string of the molecule is CC(C)(C)C12C=CC(O1)C(C(=O)O)C2C(=O)O. The highest BCUT2D eigenvalue weighted by atomic mass is 16.5. The summed E-state index contributed by atoms with van der Waals surface area (Å²) in [4.78, 5) is 22.6. The van der Waals surface area contributed by atoms with Crippen LogP contribution in [0.3, 0.4) is 0 Å². The van der Waals surface area contributed by atoms with Gasteiger partial charge in [0.05, 0.1) is 6.10 Å². The molecule has 2 heterocycles. The molecule has 4 atom stereocenters. The maximum absolute atomic E-state index is 11.4. The minimum Gasteiger partial charge on any atom is -0.481 e. The monoisotopic (exact) mass is 240 g/mol. The van der Waals surface area contributed by atoms with E-state index in [4.69, 9.17) is 9.84 Å². The zero-order valence-corrected chi connectivity index (χ0v) is 10.0. The van der Waals surface area contributed by atoms with E-state index in [1.54, 1.807) is 12.2 Å². The fourth-order valence-electron chi connectivity index (χ4n) is 2.88. The van der Waals surface area contributed by atoms with Crippen molar-refractivity contribution in [3.63, 3.8) is 0 Å². The van der Waals surface area contributed by atoms with E-state index in [-0.39, 0.29) is 0 Å². The van der Waals surface area contributed by atoms with Crippen molar-refractivity contribution in [1.82, 2.24) is 0 Å². The van der Waals surface area contributed by atoms with Gasteiger partial charge in [-0.1, -0.05) is 32.9 Å². The maximum atomic E-state index is 11.4. The molecule has 1 fully saturated rings. The van der Waals surface area contributed by atoms with Gasteiger partial charge in [0.2, 0.25) is 0 Å². The maximum Gasteiger partial charge on any atom is 0.310 e. The van der Waals surface area contributed by atoms with E-state index in [0.717, 1.165) is 0 Å². The number of hydrogen-bond acceptors (Lipinski definition) is 3. The second kappa shape index (κ2) is 3.32. The van der Waals surface area contributed by atoms with E-state index in [2.05, 4.69) is 0 Å². The summed E-state index contributed by atoms with van der Waals surface area (Å²) >= 11 is 0. The van der Waals surface area contributed by atoms with Crippen LogP contribution in [-0.2, 0) is 14.3 Å². The van der Waals surface area contributed by atoms with Crippen LogP contribution in [0.25, 0.3) is 0 Å². The Hall–Kier alpha value is -1.36. The molecule has 5 heteroatoms. The van der Waals surface area contributed by atoms with Crippen LogP contribution in [0.1, 0.15) is 20.8 Å². The minimum atomic E-state index is -1.11. The molecule has 2 aliphatic rings. The van der Waals surface area contributed by atoms with Gasteiger partial charge in [-0.25, -0.2) is 0 Å². The first-order valence-electron chi connectivity index (χ1n) is 5.53. The first-order valence-corrected chi connectivity index (χ1v) is 5.53. The minimum absolute atomic E-state index is 0.467. The van der Waals surface area contributed by atoms with Gasteiger partial charge in [-0.15, -0.1) is 0 Å². The Morgan fingerprint density at radius 3 is 2.24 bits per heavy atom. The number of carboxylic acid groups (broad SMARTS) is 2. The van der Waals surface area contributed by atoms with E-state index in [1.165, 1.54) is 0 Å². The molecule has 0 saturated carbocycles. The third kappa shape index (κ3) is 1.42. The number of fused-ring (bicyclic) bond motifs is 2. The topological polar surface area (TPSA) is 83.8 Å². The molecular weight excluding hydrogens is 224 g/mol. The summed E-state index contributed by atoms with van der Waals surface area (Å²) in [5, 5.41) is 18.5. The average Bonchev–Trinajstić information content (AvgIpc) is 2.71. The Bertz CT molecular complexity index is 406. The van der Waals surface area contributed by atoms with Gasteiger partial charge in [-0.05, 0) is 5.41 Å². The Labute approximate surface area is 99.1 Å². The van der Waals surface area contributed by atoms with Gasteiger partial charge in [-0.3, -0.25) is 9.59 Å². The van der Waals surface area contributed by atoms with E-state index in [9.17, 15) is 14.7 Å². The quantitative estimate of drug-likeness (QED) is 0.707. The highest BCUT2D eigenvalue weighted by Crippen LogP contribution is 2.55. The normalized spacial score (nSPS) is 39.6. The molecule has 0 aromatic rings. The average molecular weight is 240 g/mol. The van der Waals surface area contributed by atoms with Crippen molar-refractivity contribution in [3.05, 3.63) is 12.2 Å². The molecule has 0 aromatic carbocycles. The van der Waals surface area contributed by atoms with Gasteiger partial charge in [0.25, 0.3) is 0 Å². The number of hydrogen-bond donors (Lipinski definition) is 2. The van der Waals surface area contributed by atoms with Crippen molar-refractivity contribution >= 4 is 11.9 Å². The lowest BCUT2D eigenvalue weighted by Crippen LogP contribution is -2.51. The standard InChI is InChI=1S/C12H16O5/c1-11(2,3)12-5-4-6(17-12)7(9(13)14)8(12)10(15)16/h4-8H,1-3H3,(H,13,14)(H,15,16). The van der Waals surface area contributed by atoms with Gasteiger partial charge in [0.1, 0.15) is 17.4 Å². The van der Waals surface area contributed by atoms with Crippen molar-refractivity contribution in [2.24, 2.45) is 17.3 Å². The summed E-state index contributed by atoms with van der Waals surface area (Å²) in [5.74, 6) is -4.26. The second-order valence-corrected chi connectivity index (χ2v) is 5.66. The van der Waals surface area contributed by atoms with E-state index in [1.807, 2.05) is 20.8 Å². The van der Waals surface area contributed by atoms with Crippen molar-refractivity contribution in [2.75, 3.05) is 0 Å². The van der Waals surface area contributed by atoms with Crippen LogP contribution in [0.5, 0.6) is 0 Å². The zero-order chi connectivity index (χ0) is 13.0. The smallest absolute Gasteiger partial charge is 0.310 e. The van der Waals surface area contributed by atoms with Gasteiger partial charge < -0.3 is 14.9 Å². The summed E-state index contributed by atoms with van der Waals surface area (Å²) in [6, 6.07) is 0. The molecule has 4 unspecified atom stereocenters. The molecular formula is C12H16O5. The molecule has 2 N–H and O–H groups in total. The lowest BCUT2D eigenvalue weighted by atomic mass is 9.64. The van der Waals surface area contributed by atoms with Gasteiger partial charge in [-0.2, -0.15) is 0 Å². The Morgan fingerprint density at radius 1 is 1.24 bits per heavy atom. The molecule has 0 radical (unpaired) electrons. The van der Waals surface area contributed by atoms with E-state index in [0.29, 0.717) is 0 Å². The number of rotatable bonds is 2. The lowest BCUT2D eigenvalue weighted by molar-refractivity contribution is -0.157. The van der Waals surface area contributed by atoms with Gasteiger partial charge >= 0.3 is 11.9 Å². The third-order valence-electron chi connectivity index (χ3n) is 3.76. The summed E-state index contributed by atoms with van der Waals surface area (Å²) in [6.07, 6.45) is 2.76. The highest BCUT2D eigenvalue weighted by molar-refractivity contribution is 5.84. The largest absolute Gasteiger partial charge is 0.481 e. The Morgan fingerprint density at radius 2 is 1.82 bits per heavy atom. The van der Waals surface area contributed by atoms with Crippen LogP contribution in [-0.4, -0.2) is 33.9 Å². The van der Waals surface area contributed by atoms with Crippen LogP contribution >= 0.6 is 0 Å². The zero-order valence-electron chi connectivity index (χ0n) is 10.0. The third-order valence-corrected chi connectivity index (χ3v) is 3.76. The summed E-state index contributed by atoms with van der Waals surface area (Å²) in [5.41, 5.74) is -1.49. The van der Waals surface area contributed by atoms with Crippen LogP contribution in [0.15, 0.2) is 12.2 Å². The molecule has 2 aliphatic heterocycles. The van der Waals surface area contributed by atoms with Gasteiger partial charge in [0, 0.05) is 0 Å². The van der Waals surface area contributed by atoms with Gasteiger partial charge in [0.15, 0.2) is 0 Å². The predicted molar refractivity (Wildman–Crippen MR) is 58.5 cm³/mol. The van der Waals surface area contributed by atoms with Crippen molar-refractivity contribution in [2.45, 2.75) is 32.5 Å². The molecule has 2 rings (SSSR count). The molecule has 0 aromatic heterocycles. The summed E-state index contributed by atoms with van der Waals surface area (Å²) < 4.78 is 5.70. The van der Waals surface area contributed by atoms with Crippen molar-refractivity contribution in [1.29, 1.82) is 0 Å². The first-order chi connectivity index (χ1) is 7.71. The Kier molecular flexibility index (Phi) is 2.36. The molecule has 5 nitrogen and oxygen atoms in total. The Balaban J connectivity index is 2.52. The highest BCUT2D eigenvalue weighted by Gasteiger charge is 2.66. The van der Waals surface area contributed by atoms with E-state index >= 15 is 0 Å². The number of ether oxygens (including phenoxy) is 1. The van der Waals surface area contributed by atoms with Crippen LogP contribution in [0.4, 0.5) is 0 Å². The van der Waals surface area contributed by atoms with Crippen LogP contribution in [0, 0.1) is 17.3 Å². The van der Waals surface area contributed by atoms with E-state index < -0.39 is 40.9 Å². The molecule has 1 saturated heterocycles. The number of carbonyl (C=O) groups is 2. The molecule has 0 spiro atoms. The fourth-order valence-corrected chi connectivity index (χ4v) is 2.88. The fraction of sp³-hybridized carbons (Fsp3) is 0.667. The number of carboxylic acids is 2. The van der Waals surface area contributed by atoms with Crippen molar-refractivity contribution < 1.29 is 24.5 Å². The molecule has 17 heavy (non-hydrogen) atoms.